The van der Waals surface area contributed by atoms with E-state index in [1.165, 1.54) is 0 Å². The van der Waals surface area contributed by atoms with Crippen molar-refractivity contribution < 1.29 is 13.3 Å². The van der Waals surface area contributed by atoms with Crippen molar-refractivity contribution in [2.75, 3.05) is 27.1 Å². The molecule has 2 radical (unpaired) electrons. The van der Waals surface area contributed by atoms with E-state index in [0.717, 1.165) is 0 Å². The van der Waals surface area contributed by atoms with Gasteiger partial charge in [0.05, 0.1) is 13.2 Å². The lowest BCUT2D eigenvalue weighted by atomic mass is 10.8. The zero-order valence-electron chi connectivity index (χ0n) is 4.92. The molecule has 0 aromatic heterocycles. The summed E-state index contributed by atoms with van der Waals surface area (Å²) in [5.74, 6) is 0. The van der Waals surface area contributed by atoms with E-state index in [4.69, 9.17) is 9.47 Å². The van der Waals surface area contributed by atoms with Crippen LogP contribution in [0.4, 0.5) is 0 Å². The number of hydrogen-bond acceptors (Lipinski definition) is 3. The Hall–Kier alpha value is 0.412. The van der Waals surface area contributed by atoms with Crippen molar-refractivity contribution in [1.82, 2.24) is 0 Å². The van der Waals surface area contributed by atoms with Gasteiger partial charge in [-0.2, -0.15) is 0 Å². The van der Waals surface area contributed by atoms with Gasteiger partial charge < -0.3 is 13.3 Å². The van der Waals surface area contributed by atoms with Gasteiger partial charge in [0.2, 0.25) is 0 Å². The fraction of sp³-hybridized carbons (Fsp3) is 1.00. The van der Waals surface area contributed by atoms with Crippen LogP contribution in [0.2, 0.25) is 0 Å². The van der Waals surface area contributed by atoms with Crippen molar-refractivity contribution in [3.05, 3.63) is 0 Å². The minimum atomic E-state index is 0.314. The Balaban J connectivity index is 2.53. The molecule has 0 atom stereocenters. The highest BCUT2D eigenvalue weighted by Crippen LogP contribution is 1.73. The van der Waals surface area contributed by atoms with E-state index in [1.807, 2.05) is 0 Å². The first-order valence-electron chi connectivity index (χ1n) is 2.30. The quantitative estimate of drug-likeness (QED) is 0.292. The molecule has 0 fully saturated rings. The first-order chi connectivity index (χ1) is 3.91. The largest absolute Gasteiger partial charge is 0.497 e. The molecule has 0 spiro atoms. The molecule has 0 saturated carbocycles. The monoisotopic (exact) mass is 132 g/mol. The zero-order valence-corrected chi connectivity index (χ0v) is 6.08. The molecule has 0 heterocycles. The van der Waals surface area contributed by atoms with Gasteiger partial charge in [-0.3, -0.25) is 0 Å². The van der Waals surface area contributed by atoms with Crippen molar-refractivity contribution in [3.63, 3.8) is 0 Å². The predicted molar refractivity (Wildman–Crippen MR) is 29.5 cm³/mol. The third kappa shape index (κ3) is 6.41. The van der Waals surface area contributed by atoms with Crippen LogP contribution in [0.5, 0.6) is 0 Å². The lowest BCUT2D eigenvalue weighted by Gasteiger charge is -2.00. The molecule has 46 valence electrons. The maximum Gasteiger partial charge on any atom is 0.372 e. The molecule has 0 rings (SSSR count). The Kier molecular flexibility index (Phi) is 7.79. The highest BCUT2D eigenvalue weighted by atomic mass is 27.1. The van der Waals surface area contributed by atoms with Crippen molar-refractivity contribution >= 4 is 16.6 Å². The maximum atomic E-state index is 4.86. The summed E-state index contributed by atoms with van der Waals surface area (Å²) in [6.07, 6.45) is 0. The molecule has 3 nitrogen and oxygen atoms in total. The molecule has 0 unspecified atom stereocenters. The van der Waals surface area contributed by atoms with Gasteiger partial charge in [0.15, 0.2) is 0 Å². The molecule has 0 aromatic rings. The van der Waals surface area contributed by atoms with Crippen molar-refractivity contribution in [2.45, 2.75) is 0 Å². The third-order valence-corrected chi connectivity index (χ3v) is 0.719. The molecule has 0 aromatic carbocycles. The topological polar surface area (TPSA) is 27.7 Å². The van der Waals surface area contributed by atoms with E-state index in [9.17, 15) is 0 Å². The van der Waals surface area contributed by atoms with E-state index in [1.54, 1.807) is 7.11 Å². The molecule has 0 amide bonds. The van der Waals surface area contributed by atoms with Crippen LogP contribution in [0.3, 0.4) is 0 Å². The third-order valence-electron chi connectivity index (χ3n) is 0.583. The summed E-state index contributed by atoms with van der Waals surface area (Å²) in [5, 5.41) is 0. The molecule has 0 aliphatic heterocycles. The van der Waals surface area contributed by atoms with Gasteiger partial charge in [-0.15, -0.1) is 0 Å². The first-order valence-corrected chi connectivity index (χ1v) is 2.77. The van der Waals surface area contributed by atoms with E-state index in [-0.39, 0.29) is 0 Å². The molecule has 0 saturated heterocycles. The first kappa shape index (κ1) is 8.41. The van der Waals surface area contributed by atoms with Gasteiger partial charge in [0, 0.05) is 7.11 Å². The predicted octanol–water partition coefficient (Wildman–Crippen LogP) is -0.293. The Morgan fingerprint density at radius 2 is 2.12 bits per heavy atom. The number of hydrogen-bond donors (Lipinski definition) is 0. The van der Waals surface area contributed by atoms with Crippen molar-refractivity contribution in [1.29, 1.82) is 0 Å². The van der Waals surface area contributed by atoms with Crippen LogP contribution in [-0.2, 0) is 13.3 Å². The van der Waals surface area contributed by atoms with E-state index in [2.05, 4.69) is 20.4 Å². The smallest absolute Gasteiger partial charge is 0.372 e. The Labute approximate surface area is 57.7 Å². The summed E-state index contributed by atoms with van der Waals surface area (Å²) in [6.45, 7) is 1.52. The summed E-state index contributed by atoms with van der Waals surface area (Å²) in [4.78, 5) is 0. The average molecular weight is 132 g/mol. The second kappa shape index (κ2) is 7.41. The van der Waals surface area contributed by atoms with Crippen LogP contribution in [0.25, 0.3) is 0 Å². The average Bonchev–Trinajstić information content (AvgIpc) is 1.81. The van der Waals surface area contributed by atoms with E-state index in [0.29, 0.717) is 20.0 Å². The highest BCUT2D eigenvalue weighted by molar-refractivity contribution is 5.97. The number of methoxy groups -OCH3 is 1. The SMILES string of the molecule is COCCOC[O][Al]. The fourth-order valence-electron chi connectivity index (χ4n) is 0.249. The van der Waals surface area contributed by atoms with Gasteiger partial charge in [-0.25, -0.2) is 0 Å². The Morgan fingerprint density at radius 1 is 1.38 bits per heavy atom. The molecule has 0 aliphatic rings. The Morgan fingerprint density at radius 3 is 2.62 bits per heavy atom. The number of rotatable bonds is 5. The van der Waals surface area contributed by atoms with Crippen molar-refractivity contribution in [3.8, 4) is 0 Å². The maximum absolute atomic E-state index is 4.86. The Bertz CT molecular complexity index is 36.3. The van der Waals surface area contributed by atoms with Crippen molar-refractivity contribution in [2.24, 2.45) is 0 Å². The van der Waals surface area contributed by atoms with Crippen LogP contribution in [0.15, 0.2) is 0 Å². The minimum Gasteiger partial charge on any atom is -0.497 e. The molecule has 4 heteroatoms. The highest BCUT2D eigenvalue weighted by Gasteiger charge is 1.80. The molecule has 0 N–H and O–H groups in total. The van der Waals surface area contributed by atoms with Gasteiger partial charge in [0.25, 0.3) is 0 Å². The molecule has 0 aliphatic carbocycles. The minimum absolute atomic E-state index is 0.314. The molecular weight excluding hydrogens is 123 g/mol. The standard InChI is InChI=1S/C4H9O3.Al/c1-6-2-3-7-4-5;/h2-4H2,1H3;/q-1;+1. The lowest BCUT2D eigenvalue weighted by Crippen LogP contribution is -2.03. The molecule has 0 bridgehead atoms. The summed E-state index contributed by atoms with van der Waals surface area (Å²) in [7, 11) is 1.63. The van der Waals surface area contributed by atoms with E-state index >= 15 is 0 Å². The van der Waals surface area contributed by atoms with Gasteiger partial charge in [0.1, 0.15) is 6.79 Å². The van der Waals surface area contributed by atoms with Gasteiger partial charge in [-0.05, 0) is 0 Å². The van der Waals surface area contributed by atoms with Crippen LogP contribution >= 0.6 is 0 Å². The van der Waals surface area contributed by atoms with Crippen LogP contribution in [0, 0.1) is 0 Å². The summed E-state index contributed by atoms with van der Waals surface area (Å²) in [5.41, 5.74) is 0. The normalized spacial score (nSPS) is 9.62. The van der Waals surface area contributed by atoms with Crippen LogP contribution in [-0.4, -0.2) is 43.7 Å². The molecule has 8 heavy (non-hydrogen) atoms. The van der Waals surface area contributed by atoms with E-state index < -0.39 is 0 Å². The fourth-order valence-corrected chi connectivity index (χ4v) is 0.346. The van der Waals surface area contributed by atoms with Crippen LogP contribution < -0.4 is 0 Å². The molecular formula is C4H9AlO3. The second-order valence-electron chi connectivity index (χ2n) is 1.19. The van der Waals surface area contributed by atoms with Gasteiger partial charge in [-0.1, -0.05) is 0 Å². The zero-order chi connectivity index (χ0) is 6.24. The summed E-state index contributed by atoms with van der Waals surface area (Å²) >= 11 is 2.10. The number of ether oxygens (including phenoxy) is 2. The summed E-state index contributed by atoms with van der Waals surface area (Å²) < 4.78 is 14.1. The van der Waals surface area contributed by atoms with Gasteiger partial charge >= 0.3 is 16.6 Å². The second-order valence-corrected chi connectivity index (χ2v) is 1.52. The lowest BCUT2D eigenvalue weighted by molar-refractivity contribution is -0.00482. The summed E-state index contributed by atoms with van der Waals surface area (Å²) in [6, 6.07) is 0. The van der Waals surface area contributed by atoms with Crippen LogP contribution in [0.1, 0.15) is 0 Å².